The molecule has 1 nitrogen and oxygen atoms in total. The number of halogens is 3. The van der Waals surface area contributed by atoms with Crippen LogP contribution in [0.1, 0.15) is 35.2 Å². The van der Waals surface area contributed by atoms with Crippen LogP contribution in [0.3, 0.4) is 0 Å². The number of nitrogens with one attached hydrogen (secondary N) is 1. The van der Waals surface area contributed by atoms with Crippen LogP contribution in [0.25, 0.3) is 0 Å². The molecule has 0 saturated carbocycles. The van der Waals surface area contributed by atoms with E-state index in [9.17, 15) is 0 Å². The normalized spacial score (nSPS) is 12.5. The number of hydrogen-bond donors (Lipinski definition) is 1. The monoisotopic (exact) mass is 385 g/mol. The molecule has 0 heterocycles. The van der Waals surface area contributed by atoms with Gasteiger partial charge in [-0.3, -0.25) is 0 Å². The molecule has 0 aliphatic heterocycles. The minimum absolute atomic E-state index is 0.0513. The van der Waals surface area contributed by atoms with E-state index in [0.717, 1.165) is 27.2 Å². The summed E-state index contributed by atoms with van der Waals surface area (Å²) in [7, 11) is 0. The van der Waals surface area contributed by atoms with E-state index >= 15 is 0 Å². The summed E-state index contributed by atoms with van der Waals surface area (Å²) in [5.41, 5.74) is 4.68. The van der Waals surface area contributed by atoms with Crippen molar-refractivity contribution in [1.29, 1.82) is 0 Å². The number of rotatable bonds is 4. The second kappa shape index (κ2) is 7.15. The summed E-state index contributed by atoms with van der Waals surface area (Å²) in [5.74, 6) is 0. The first-order valence-corrected chi connectivity index (χ1v) is 8.44. The molecular weight excluding hydrogens is 369 g/mol. The van der Waals surface area contributed by atoms with Crippen molar-refractivity contribution in [2.75, 3.05) is 6.54 Å². The molecule has 0 amide bonds. The first-order valence-electron chi connectivity index (χ1n) is 6.89. The van der Waals surface area contributed by atoms with Gasteiger partial charge < -0.3 is 5.32 Å². The highest BCUT2D eigenvalue weighted by Crippen LogP contribution is 2.33. The first-order chi connectivity index (χ1) is 9.93. The van der Waals surface area contributed by atoms with Gasteiger partial charge in [0.25, 0.3) is 0 Å². The third-order valence-corrected chi connectivity index (χ3v) is 5.15. The molecule has 0 radical (unpaired) electrons. The van der Waals surface area contributed by atoms with Crippen LogP contribution in [-0.2, 0) is 0 Å². The smallest absolute Gasteiger partial charge is 0.0591 e. The Morgan fingerprint density at radius 1 is 1.05 bits per heavy atom. The van der Waals surface area contributed by atoms with E-state index in [1.807, 2.05) is 24.3 Å². The molecule has 2 rings (SSSR count). The van der Waals surface area contributed by atoms with E-state index in [1.165, 1.54) is 11.1 Å². The molecule has 0 spiro atoms. The Labute approximate surface area is 144 Å². The van der Waals surface area contributed by atoms with Crippen LogP contribution in [0.5, 0.6) is 0 Å². The van der Waals surface area contributed by atoms with Crippen LogP contribution in [0.4, 0.5) is 0 Å². The lowest BCUT2D eigenvalue weighted by atomic mass is 9.95. The zero-order valence-corrected chi connectivity index (χ0v) is 15.4. The van der Waals surface area contributed by atoms with Gasteiger partial charge in [0.1, 0.15) is 0 Å². The van der Waals surface area contributed by atoms with Gasteiger partial charge >= 0.3 is 0 Å². The highest BCUT2D eigenvalue weighted by atomic mass is 79.9. The van der Waals surface area contributed by atoms with Crippen molar-refractivity contribution in [3.63, 3.8) is 0 Å². The molecule has 1 atom stereocenters. The van der Waals surface area contributed by atoms with Crippen molar-refractivity contribution >= 4 is 39.1 Å². The molecule has 1 N–H and O–H groups in total. The fourth-order valence-corrected chi connectivity index (χ4v) is 3.17. The number of aryl methyl sites for hydroxylation is 2. The Bertz CT molecular complexity index is 655. The fourth-order valence-electron chi connectivity index (χ4n) is 2.33. The summed E-state index contributed by atoms with van der Waals surface area (Å²) >= 11 is 16.1. The zero-order chi connectivity index (χ0) is 15.6. The van der Waals surface area contributed by atoms with Gasteiger partial charge in [-0.15, -0.1) is 0 Å². The molecule has 4 heteroatoms. The maximum absolute atomic E-state index is 6.48. The summed E-state index contributed by atoms with van der Waals surface area (Å²) in [6.45, 7) is 7.13. The molecule has 2 aromatic carbocycles. The van der Waals surface area contributed by atoms with E-state index in [4.69, 9.17) is 23.2 Å². The summed E-state index contributed by atoms with van der Waals surface area (Å²) in [6.07, 6.45) is 0. The van der Waals surface area contributed by atoms with Crippen molar-refractivity contribution in [2.24, 2.45) is 0 Å². The quantitative estimate of drug-likeness (QED) is 0.672. The minimum atomic E-state index is 0.0513. The van der Waals surface area contributed by atoms with E-state index in [2.05, 4.69) is 48.1 Å². The van der Waals surface area contributed by atoms with E-state index in [0.29, 0.717) is 5.02 Å². The standard InChI is InChI=1S/C17H18BrCl2N/c1-4-21-17(12-5-6-15(19)14(18)9-12)13-7-10(2)11(3)8-16(13)20/h5-9,17,21H,4H2,1-3H3. The Kier molecular flexibility index (Phi) is 5.73. The highest BCUT2D eigenvalue weighted by Gasteiger charge is 2.18. The lowest BCUT2D eigenvalue weighted by Gasteiger charge is -2.22. The molecule has 0 fully saturated rings. The Morgan fingerprint density at radius 3 is 2.33 bits per heavy atom. The highest BCUT2D eigenvalue weighted by molar-refractivity contribution is 9.10. The van der Waals surface area contributed by atoms with Gasteiger partial charge in [0.05, 0.1) is 11.1 Å². The first kappa shape index (κ1) is 16.8. The van der Waals surface area contributed by atoms with Gasteiger partial charge in [-0.1, -0.05) is 42.3 Å². The molecule has 0 aliphatic carbocycles. The summed E-state index contributed by atoms with van der Waals surface area (Å²) < 4.78 is 0.893. The molecule has 21 heavy (non-hydrogen) atoms. The van der Waals surface area contributed by atoms with Gasteiger partial charge in [0.2, 0.25) is 0 Å². The third-order valence-electron chi connectivity index (χ3n) is 3.61. The Balaban J connectivity index is 2.52. The lowest BCUT2D eigenvalue weighted by Crippen LogP contribution is -2.22. The Hall–Kier alpha value is -0.540. The molecule has 0 aliphatic rings. The molecule has 1 unspecified atom stereocenters. The van der Waals surface area contributed by atoms with Crippen LogP contribution in [0, 0.1) is 13.8 Å². The summed E-state index contributed by atoms with van der Waals surface area (Å²) in [6, 6.07) is 10.2. The second-order valence-electron chi connectivity index (χ2n) is 5.12. The van der Waals surface area contributed by atoms with Crippen LogP contribution >= 0.6 is 39.1 Å². The van der Waals surface area contributed by atoms with Crippen molar-refractivity contribution < 1.29 is 0 Å². The average molecular weight is 387 g/mol. The third kappa shape index (κ3) is 3.81. The van der Waals surface area contributed by atoms with E-state index < -0.39 is 0 Å². The molecule has 112 valence electrons. The molecule has 0 bridgehead atoms. The maximum atomic E-state index is 6.48. The average Bonchev–Trinajstić information content (AvgIpc) is 2.44. The lowest BCUT2D eigenvalue weighted by molar-refractivity contribution is 0.630. The van der Waals surface area contributed by atoms with Crippen LogP contribution in [-0.4, -0.2) is 6.54 Å². The van der Waals surface area contributed by atoms with Crippen molar-refractivity contribution in [3.8, 4) is 0 Å². The number of benzene rings is 2. The van der Waals surface area contributed by atoms with Crippen LogP contribution in [0.15, 0.2) is 34.8 Å². The van der Waals surface area contributed by atoms with Gasteiger partial charge in [0.15, 0.2) is 0 Å². The molecule has 0 saturated heterocycles. The van der Waals surface area contributed by atoms with Crippen molar-refractivity contribution in [1.82, 2.24) is 5.32 Å². The van der Waals surface area contributed by atoms with Crippen LogP contribution < -0.4 is 5.32 Å². The van der Waals surface area contributed by atoms with Crippen molar-refractivity contribution in [2.45, 2.75) is 26.8 Å². The zero-order valence-electron chi connectivity index (χ0n) is 12.3. The molecule has 0 aromatic heterocycles. The van der Waals surface area contributed by atoms with E-state index in [-0.39, 0.29) is 6.04 Å². The maximum Gasteiger partial charge on any atom is 0.0591 e. The minimum Gasteiger partial charge on any atom is -0.306 e. The summed E-state index contributed by atoms with van der Waals surface area (Å²) in [4.78, 5) is 0. The van der Waals surface area contributed by atoms with Crippen LogP contribution in [0.2, 0.25) is 10.0 Å². The topological polar surface area (TPSA) is 12.0 Å². The SMILES string of the molecule is CCNC(c1ccc(Cl)c(Br)c1)c1cc(C)c(C)cc1Cl. The number of hydrogen-bond acceptors (Lipinski definition) is 1. The van der Waals surface area contributed by atoms with Gasteiger partial charge in [-0.05, 0) is 76.8 Å². The predicted molar refractivity (Wildman–Crippen MR) is 95.6 cm³/mol. The second-order valence-corrected chi connectivity index (χ2v) is 6.79. The predicted octanol–water partition coefficient (Wildman–Crippen LogP) is 6.07. The van der Waals surface area contributed by atoms with Gasteiger partial charge in [-0.25, -0.2) is 0 Å². The van der Waals surface area contributed by atoms with Gasteiger partial charge in [0, 0.05) is 9.50 Å². The Morgan fingerprint density at radius 2 is 1.71 bits per heavy atom. The largest absolute Gasteiger partial charge is 0.306 e. The van der Waals surface area contributed by atoms with Crippen molar-refractivity contribution in [3.05, 3.63) is 67.1 Å². The summed E-state index contributed by atoms with van der Waals surface area (Å²) in [5, 5.41) is 5.00. The van der Waals surface area contributed by atoms with E-state index in [1.54, 1.807) is 0 Å². The fraction of sp³-hybridized carbons (Fsp3) is 0.294. The molecule has 2 aromatic rings. The van der Waals surface area contributed by atoms with Gasteiger partial charge in [-0.2, -0.15) is 0 Å². The molecular formula is C17H18BrCl2N.